The molecule has 2 atom stereocenters. The predicted molar refractivity (Wildman–Crippen MR) is 86.5 cm³/mol. The maximum absolute atomic E-state index is 12.2. The van der Waals surface area contributed by atoms with Gasteiger partial charge in [0.15, 0.2) is 0 Å². The molecule has 1 aliphatic heterocycles. The fraction of sp³-hybridized carbons (Fsp3) is 0.562. The van der Waals surface area contributed by atoms with Crippen LogP contribution < -0.4 is 5.32 Å². The Kier molecular flexibility index (Phi) is 5.03. The first kappa shape index (κ1) is 15.7. The van der Waals surface area contributed by atoms with Gasteiger partial charge in [-0.2, -0.15) is 0 Å². The third-order valence-corrected chi connectivity index (χ3v) is 4.90. The number of fused-ring (bicyclic) bond motifs is 1. The lowest BCUT2D eigenvalue weighted by atomic mass is 9.90. The van der Waals surface area contributed by atoms with Gasteiger partial charge in [-0.25, -0.2) is 0 Å². The van der Waals surface area contributed by atoms with Crippen LogP contribution in [0.15, 0.2) is 29.2 Å². The highest BCUT2D eigenvalue weighted by molar-refractivity contribution is 8.01. The second-order valence-corrected chi connectivity index (χ2v) is 8.39. The minimum atomic E-state index is -0.00842. The highest BCUT2D eigenvalue weighted by Gasteiger charge is 2.28. The van der Waals surface area contributed by atoms with E-state index in [1.807, 2.05) is 12.1 Å². The van der Waals surface area contributed by atoms with Crippen LogP contribution in [-0.2, 0) is 11.2 Å². The minimum Gasteiger partial charge on any atom is -0.354 e. The monoisotopic (exact) mass is 311 g/mol. The molecule has 1 aromatic carbocycles. The second kappa shape index (κ2) is 6.40. The molecule has 1 aromatic rings. The first-order chi connectivity index (χ1) is 9.35. The molecular weight excluding hydrogens is 290 g/mol. The molecule has 0 aromatic heterocycles. The van der Waals surface area contributed by atoms with Crippen molar-refractivity contribution in [2.24, 2.45) is 5.41 Å². The molecule has 0 saturated carbocycles. The van der Waals surface area contributed by atoms with Crippen LogP contribution in [0.1, 0.15) is 32.8 Å². The first-order valence-corrected chi connectivity index (χ1v) is 8.33. The zero-order chi connectivity index (χ0) is 14.8. The van der Waals surface area contributed by atoms with Crippen LogP contribution >= 0.6 is 23.4 Å². The van der Waals surface area contributed by atoms with E-state index >= 15 is 0 Å². The Balaban J connectivity index is 1.80. The number of thioether (sulfide) groups is 1. The molecule has 0 spiro atoms. The summed E-state index contributed by atoms with van der Waals surface area (Å²) in [7, 11) is 0. The summed E-state index contributed by atoms with van der Waals surface area (Å²) >= 11 is 7.94. The van der Waals surface area contributed by atoms with Gasteiger partial charge >= 0.3 is 0 Å². The van der Waals surface area contributed by atoms with Crippen molar-refractivity contribution in [3.8, 4) is 0 Å². The minimum absolute atomic E-state index is 0.00673. The number of nitrogens with one attached hydrogen (secondary N) is 1. The molecule has 0 bridgehead atoms. The number of rotatable bonds is 4. The maximum atomic E-state index is 12.2. The normalized spacial score (nSPS) is 19.5. The molecule has 4 heteroatoms. The van der Waals surface area contributed by atoms with Crippen molar-refractivity contribution < 1.29 is 4.79 Å². The highest BCUT2D eigenvalue weighted by atomic mass is 35.5. The highest BCUT2D eigenvalue weighted by Crippen LogP contribution is 2.36. The van der Waals surface area contributed by atoms with Gasteiger partial charge in [-0.05, 0) is 29.9 Å². The summed E-state index contributed by atoms with van der Waals surface area (Å²) in [5.41, 5.74) is 1.46. The Hall–Kier alpha value is -0.670. The van der Waals surface area contributed by atoms with Crippen molar-refractivity contribution in [3.63, 3.8) is 0 Å². The average Bonchev–Trinajstić information content (AvgIpc) is 2.77. The summed E-state index contributed by atoms with van der Waals surface area (Å²) < 4.78 is 0. The number of hydrogen-bond donors (Lipinski definition) is 1. The van der Waals surface area contributed by atoms with E-state index in [1.54, 1.807) is 11.8 Å². The van der Waals surface area contributed by atoms with Gasteiger partial charge in [0.1, 0.15) is 0 Å². The number of benzene rings is 1. The lowest BCUT2D eigenvalue weighted by Crippen LogP contribution is -2.37. The zero-order valence-corrected chi connectivity index (χ0v) is 13.9. The SMILES string of the molecule is CC(C)(C)CC(Cl)CNC(=O)C1Cc2ccccc2S1. The summed E-state index contributed by atoms with van der Waals surface area (Å²) in [6.45, 7) is 7.03. The van der Waals surface area contributed by atoms with Crippen LogP contribution in [0.25, 0.3) is 0 Å². The van der Waals surface area contributed by atoms with Gasteiger partial charge in [-0.1, -0.05) is 39.0 Å². The van der Waals surface area contributed by atoms with Gasteiger partial charge in [-0.3, -0.25) is 4.79 Å². The van der Waals surface area contributed by atoms with Gasteiger partial charge in [0.2, 0.25) is 5.91 Å². The average molecular weight is 312 g/mol. The Bertz CT molecular complexity index is 459. The molecule has 0 saturated heterocycles. The molecule has 110 valence electrons. The standard InChI is InChI=1S/C16H22ClNOS/c1-16(2,3)9-12(17)10-18-15(19)14-8-11-6-4-5-7-13(11)20-14/h4-7,12,14H,8-10H2,1-3H3,(H,18,19). The van der Waals surface area contributed by atoms with E-state index in [0.29, 0.717) is 6.54 Å². The van der Waals surface area contributed by atoms with Gasteiger partial charge in [0.05, 0.1) is 10.6 Å². The molecule has 1 heterocycles. The van der Waals surface area contributed by atoms with E-state index in [2.05, 4.69) is 38.2 Å². The number of halogens is 1. The third kappa shape index (κ3) is 4.42. The summed E-state index contributed by atoms with van der Waals surface area (Å²) in [4.78, 5) is 13.4. The quantitative estimate of drug-likeness (QED) is 0.855. The Morgan fingerprint density at radius 3 is 2.80 bits per heavy atom. The van der Waals surface area contributed by atoms with Crippen LogP contribution in [0.5, 0.6) is 0 Å². The molecule has 2 rings (SSSR count). The van der Waals surface area contributed by atoms with E-state index in [0.717, 1.165) is 12.8 Å². The van der Waals surface area contributed by atoms with E-state index in [9.17, 15) is 4.79 Å². The van der Waals surface area contributed by atoms with E-state index in [4.69, 9.17) is 11.6 Å². The Labute approximate surface area is 130 Å². The smallest absolute Gasteiger partial charge is 0.233 e. The molecule has 1 aliphatic rings. The van der Waals surface area contributed by atoms with Crippen LogP contribution in [0.2, 0.25) is 0 Å². The fourth-order valence-electron chi connectivity index (χ4n) is 2.39. The summed E-state index contributed by atoms with van der Waals surface area (Å²) in [5.74, 6) is 0.103. The Morgan fingerprint density at radius 2 is 2.15 bits per heavy atom. The molecule has 1 N–H and O–H groups in total. The number of amides is 1. The second-order valence-electron chi connectivity index (χ2n) is 6.53. The van der Waals surface area contributed by atoms with Crippen LogP contribution in [0.4, 0.5) is 0 Å². The molecule has 2 unspecified atom stereocenters. The predicted octanol–water partition coefficient (Wildman–Crippen LogP) is 3.86. The van der Waals surface area contributed by atoms with Crippen LogP contribution in [-0.4, -0.2) is 23.1 Å². The molecule has 20 heavy (non-hydrogen) atoms. The van der Waals surface area contributed by atoms with Gasteiger partial charge in [0.25, 0.3) is 0 Å². The summed E-state index contributed by atoms with van der Waals surface area (Å²) in [6, 6.07) is 8.22. The summed E-state index contributed by atoms with van der Waals surface area (Å²) in [6.07, 6.45) is 1.71. The number of hydrogen-bond acceptors (Lipinski definition) is 2. The molecule has 1 amide bonds. The van der Waals surface area contributed by atoms with Crippen LogP contribution in [0, 0.1) is 5.41 Å². The molecule has 2 nitrogen and oxygen atoms in total. The van der Waals surface area contributed by atoms with E-state index < -0.39 is 0 Å². The van der Waals surface area contributed by atoms with Crippen molar-refractivity contribution in [3.05, 3.63) is 29.8 Å². The summed E-state index contributed by atoms with van der Waals surface area (Å²) in [5, 5.41) is 2.97. The Morgan fingerprint density at radius 1 is 1.45 bits per heavy atom. The van der Waals surface area contributed by atoms with Crippen molar-refractivity contribution in [2.45, 2.75) is 49.1 Å². The van der Waals surface area contributed by atoms with E-state index in [1.165, 1.54) is 10.5 Å². The van der Waals surface area contributed by atoms with Gasteiger partial charge < -0.3 is 5.32 Å². The van der Waals surface area contributed by atoms with Crippen molar-refractivity contribution in [1.29, 1.82) is 0 Å². The van der Waals surface area contributed by atoms with Crippen LogP contribution in [0.3, 0.4) is 0 Å². The lowest BCUT2D eigenvalue weighted by Gasteiger charge is -2.22. The number of alkyl halides is 1. The van der Waals surface area contributed by atoms with Gasteiger partial charge in [0, 0.05) is 11.4 Å². The largest absolute Gasteiger partial charge is 0.354 e. The number of carbonyl (C=O) groups is 1. The van der Waals surface area contributed by atoms with Crippen molar-refractivity contribution in [2.75, 3.05) is 6.54 Å². The maximum Gasteiger partial charge on any atom is 0.233 e. The molecule has 0 radical (unpaired) electrons. The third-order valence-electron chi connectivity index (χ3n) is 3.27. The van der Waals surface area contributed by atoms with E-state index in [-0.39, 0.29) is 21.9 Å². The first-order valence-electron chi connectivity index (χ1n) is 7.01. The molecular formula is C16H22ClNOS. The van der Waals surface area contributed by atoms with Crippen molar-refractivity contribution in [1.82, 2.24) is 5.32 Å². The molecule has 0 aliphatic carbocycles. The zero-order valence-electron chi connectivity index (χ0n) is 12.3. The van der Waals surface area contributed by atoms with Crippen molar-refractivity contribution >= 4 is 29.3 Å². The fourth-order valence-corrected chi connectivity index (χ4v) is 4.15. The topological polar surface area (TPSA) is 29.1 Å². The number of carbonyl (C=O) groups excluding carboxylic acids is 1. The van der Waals surface area contributed by atoms with Gasteiger partial charge in [-0.15, -0.1) is 23.4 Å². The lowest BCUT2D eigenvalue weighted by molar-refractivity contribution is -0.120. The molecule has 0 fully saturated rings.